The molecule has 1 aromatic carbocycles. The average Bonchev–Trinajstić information content (AvgIpc) is 3.31. The highest BCUT2D eigenvalue weighted by molar-refractivity contribution is 8.01. The number of amides is 1. The van der Waals surface area contributed by atoms with Crippen LogP contribution in [0.15, 0.2) is 81.3 Å². The topological polar surface area (TPSA) is 71.1 Å². The Labute approximate surface area is 232 Å². The molecule has 1 aliphatic heterocycles. The molecule has 0 radical (unpaired) electrons. The Morgan fingerprint density at radius 1 is 1.11 bits per heavy atom. The van der Waals surface area contributed by atoms with Crippen LogP contribution in [0.3, 0.4) is 0 Å². The number of nitrogens with one attached hydrogen (secondary N) is 2. The van der Waals surface area contributed by atoms with E-state index in [2.05, 4.69) is 47.7 Å². The summed E-state index contributed by atoms with van der Waals surface area (Å²) in [5.74, 6) is 1.03. The molecule has 5 nitrogen and oxygen atoms in total. The summed E-state index contributed by atoms with van der Waals surface area (Å²) in [7, 11) is 0. The van der Waals surface area contributed by atoms with E-state index in [4.69, 9.17) is 0 Å². The van der Waals surface area contributed by atoms with Gasteiger partial charge in [0.1, 0.15) is 5.82 Å². The minimum absolute atomic E-state index is 0.112. The van der Waals surface area contributed by atoms with Crippen molar-refractivity contribution in [1.82, 2.24) is 10.3 Å². The lowest BCUT2D eigenvalue weighted by atomic mass is 9.72. The van der Waals surface area contributed by atoms with Crippen LogP contribution in [-0.4, -0.2) is 22.4 Å². The number of nitrogens with zero attached hydrogens (tertiary/aromatic N) is 1. The van der Waals surface area contributed by atoms with Gasteiger partial charge in [-0.05, 0) is 67.7 Å². The molecule has 5 rings (SSSR count). The molecule has 0 saturated heterocycles. The Morgan fingerprint density at radius 2 is 1.89 bits per heavy atom. The molecule has 0 unspecified atom stereocenters. The summed E-state index contributed by atoms with van der Waals surface area (Å²) in [5.41, 5.74) is 6.14. The van der Waals surface area contributed by atoms with E-state index in [0.29, 0.717) is 17.8 Å². The molecule has 2 aliphatic rings. The van der Waals surface area contributed by atoms with Crippen LogP contribution in [0.2, 0.25) is 0 Å². The molecule has 7 heteroatoms. The third kappa shape index (κ3) is 5.22. The number of allylic oxidation sites excluding steroid dienone is 3. The molecule has 2 atom stereocenters. The van der Waals surface area contributed by atoms with Crippen molar-refractivity contribution in [2.75, 3.05) is 11.1 Å². The molecule has 0 spiro atoms. The number of Topliss-reactive ketones (excluding diaryl/α,β-unsaturated/α-hetero) is 1. The van der Waals surface area contributed by atoms with Gasteiger partial charge in [-0.2, -0.15) is 0 Å². The maximum atomic E-state index is 14.0. The van der Waals surface area contributed by atoms with Crippen LogP contribution in [-0.2, 0) is 16.0 Å². The number of hydrogen-bond acceptors (Lipinski definition) is 6. The molecule has 0 bridgehead atoms. The van der Waals surface area contributed by atoms with Crippen LogP contribution < -0.4 is 10.6 Å². The van der Waals surface area contributed by atoms with Gasteiger partial charge in [-0.25, -0.2) is 4.98 Å². The highest BCUT2D eigenvalue weighted by Crippen LogP contribution is 2.49. The number of rotatable bonds is 7. The maximum Gasteiger partial charge on any atom is 0.255 e. The molecular weight excluding hydrogens is 510 g/mol. The van der Waals surface area contributed by atoms with Crippen LogP contribution in [0, 0.1) is 6.92 Å². The lowest BCUT2D eigenvalue weighted by Gasteiger charge is -2.37. The van der Waals surface area contributed by atoms with Crippen molar-refractivity contribution in [1.29, 1.82) is 0 Å². The number of thioether (sulfide) groups is 1. The second kappa shape index (κ2) is 11.3. The second-order valence-electron chi connectivity index (χ2n) is 9.79. The number of benzene rings is 1. The lowest BCUT2D eigenvalue weighted by Crippen LogP contribution is -2.37. The van der Waals surface area contributed by atoms with Gasteiger partial charge in [-0.1, -0.05) is 50.2 Å². The van der Waals surface area contributed by atoms with E-state index in [1.165, 1.54) is 14.6 Å². The Morgan fingerprint density at radius 3 is 2.61 bits per heavy atom. The molecule has 0 fully saturated rings. The van der Waals surface area contributed by atoms with Gasteiger partial charge < -0.3 is 10.6 Å². The molecule has 38 heavy (non-hydrogen) atoms. The molecule has 196 valence electrons. The van der Waals surface area contributed by atoms with Gasteiger partial charge >= 0.3 is 0 Å². The zero-order valence-electron chi connectivity index (χ0n) is 22.3. The number of thiophene rings is 1. The number of anilines is 1. The molecule has 1 amide bonds. The Kier molecular flexibility index (Phi) is 7.86. The van der Waals surface area contributed by atoms with E-state index in [1.54, 1.807) is 29.2 Å². The van der Waals surface area contributed by atoms with Crippen molar-refractivity contribution in [3.05, 3.63) is 98.8 Å². The summed E-state index contributed by atoms with van der Waals surface area (Å²) in [6, 6.07) is 18.1. The highest BCUT2D eigenvalue weighted by atomic mass is 32.2. The minimum atomic E-state index is -0.411. The smallest absolute Gasteiger partial charge is 0.255 e. The Balaban J connectivity index is 1.61. The fourth-order valence-electron chi connectivity index (χ4n) is 5.47. The third-order valence-corrected chi connectivity index (χ3v) is 9.66. The van der Waals surface area contributed by atoms with E-state index in [0.717, 1.165) is 46.8 Å². The van der Waals surface area contributed by atoms with Crippen molar-refractivity contribution in [3.63, 3.8) is 0 Å². The number of carbonyl (C=O) groups is 2. The summed E-state index contributed by atoms with van der Waals surface area (Å²) < 4.78 is 1.19. The zero-order chi connectivity index (χ0) is 26.8. The quantitative estimate of drug-likeness (QED) is 0.310. The van der Waals surface area contributed by atoms with Crippen molar-refractivity contribution in [3.8, 4) is 0 Å². The van der Waals surface area contributed by atoms with Crippen LogP contribution >= 0.6 is 23.1 Å². The van der Waals surface area contributed by atoms with Crippen molar-refractivity contribution in [2.24, 2.45) is 0 Å². The first-order valence-electron chi connectivity index (χ1n) is 13.2. The molecule has 1 aliphatic carbocycles. The number of hydrogen-bond donors (Lipinski definition) is 2. The van der Waals surface area contributed by atoms with E-state index in [1.807, 2.05) is 44.2 Å². The van der Waals surface area contributed by atoms with Gasteiger partial charge in [0.25, 0.3) is 5.91 Å². The predicted molar refractivity (Wildman–Crippen MR) is 157 cm³/mol. The number of aryl methyl sites for hydroxylation is 2. The summed E-state index contributed by atoms with van der Waals surface area (Å²) >= 11 is 3.57. The summed E-state index contributed by atoms with van der Waals surface area (Å²) in [6.07, 6.45) is 2.10. The van der Waals surface area contributed by atoms with Crippen LogP contribution in [0.1, 0.15) is 67.1 Å². The SMILES string of the molecule is CCSc1sc(CC)cc1[C@H]1C(C(=O)Nc2cccc(C)n2)=C(C)NC2=C1C(=O)C[C@@H](c1ccccc1)C2. The van der Waals surface area contributed by atoms with E-state index >= 15 is 0 Å². The highest BCUT2D eigenvalue weighted by Gasteiger charge is 2.42. The van der Waals surface area contributed by atoms with Crippen LogP contribution in [0.4, 0.5) is 5.82 Å². The van der Waals surface area contributed by atoms with Gasteiger partial charge in [-0.15, -0.1) is 23.1 Å². The van der Waals surface area contributed by atoms with Crippen LogP contribution in [0.25, 0.3) is 0 Å². The number of pyridine rings is 1. The van der Waals surface area contributed by atoms with Gasteiger partial charge in [-0.3, -0.25) is 9.59 Å². The first kappa shape index (κ1) is 26.4. The van der Waals surface area contributed by atoms with E-state index < -0.39 is 5.92 Å². The number of aromatic nitrogens is 1. The standard InChI is InChI=1S/C31H33N3O2S2/c1-5-22-17-23(31(38-22)37-6-2)28-27(30(36)34-26-14-10-11-18(3)32-26)19(4)33-24-15-21(16-25(35)29(24)28)20-12-8-7-9-13-20/h7-14,17,21,28,33H,5-6,15-16H2,1-4H3,(H,32,34,36)/t21-,28-/m0/s1. The summed E-state index contributed by atoms with van der Waals surface area (Å²) in [6.45, 7) is 8.14. The third-order valence-electron chi connectivity index (χ3n) is 7.18. The lowest BCUT2D eigenvalue weighted by molar-refractivity contribution is -0.116. The van der Waals surface area contributed by atoms with Crippen LogP contribution in [0.5, 0.6) is 0 Å². The minimum Gasteiger partial charge on any atom is -0.362 e. The number of carbonyl (C=O) groups excluding carboxylic acids is 2. The van der Waals surface area contributed by atoms with E-state index in [9.17, 15) is 9.59 Å². The first-order chi connectivity index (χ1) is 18.4. The molecule has 3 aromatic rings. The van der Waals surface area contributed by atoms with E-state index in [-0.39, 0.29) is 17.6 Å². The van der Waals surface area contributed by atoms with Crippen molar-refractivity contribution >= 4 is 40.6 Å². The second-order valence-corrected chi connectivity index (χ2v) is 12.5. The summed E-state index contributed by atoms with van der Waals surface area (Å²) in [4.78, 5) is 33.6. The van der Waals surface area contributed by atoms with Crippen molar-refractivity contribution < 1.29 is 9.59 Å². The molecule has 3 heterocycles. The fourth-order valence-corrected chi connectivity index (χ4v) is 7.85. The number of dihydropyridines is 1. The van der Waals surface area contributed by atoms with Gasteiger partial charge in [0.2, 0.25) is 0 Å². The average molecular weight is 544 g/mol. The number of ketones is 1. The maximum absolute atomic E-state index is 14.0. The first-order valence-corrected chi connectivity index (χ1v) is 15.0. The normalized spacial score (nSPS) is 19.3. The largest absolute Gasteiger partial charge is 0.362 e. The predicted octanol–water partition coefficient (Wildman–Crippen LogP) is 7.13. The molecular formula is C31H33N3O2S2. The van der Waals surface area contributed by atoms with Gasteiger partial charge in [0.15, 0.2) is 5.78 Å². The monoisotopic (exact) mass is 543 g/mol. The molecule has 0 saturated carbocycles. The van der Waals surface area contributed by atoms with Gasteiger partial charge in [0.05, 0.1) is 4.21 Å². The Hall–Kier alpha value is -3.16. The Bertz CT molecular complexity index is 1440. The van der Waals surface area contributed by atoms with Crippen molar-refractivity contribution in [2.45, 2.75) is 63.0 Å². The molecule has 2 N–H and O–H groups in total. The zero-order valence-corrected chi connectivity index (χ0v) is 23.9. The van der Waals surface area contributed by atoms with Gasteiger partial charge in [0, 0.05) is 45.5 Å². The summed E-state index contributed by atoms with van der Waals surface area (Å²) in [5, 5.41) is 6.52. The fraction of sp³-hybridized carbons (Fsp3) is 0.323. The molecule has 2 aromatic heterocycles.